The number of aryl methyl sites for hydroxylation is 1. The van der Waals surface area contributed by atoms with Crippen molar-refractivity contribution in [2.24, 2.45) is 0 Å². The van der Waals surface area contributed by atoms with Crippen molar-refractivity contribution in [2.45, 2.75) is 13.0 Å². The van der Waals surface area contributed by atoms with Crippen LogP contribution < -0.4 is 5.56 Å². The van der Waals surface area contributed by atoms with Gasteiger partial charge in [0.25, 0.3) is 5.56 Å². The lowest BCUT2D eigenvalue weighted by Gasteiger charge is -2.15. The zero-order valence-electron chi connectivity index (χ0n) is 10.1. The lowest BCUT2D eigenvalue weighted by Crippen LogP contribution is -2.20. The molecule has 1 aromatic heterocycles. The molecule has 5 heteroatoms. The number of methoxy groups -OCH3 is 1. The van der Waals surface area contributed by atoms with E-state index in [1.54, 1.807) is 7.11 Å². The van der Waals surface area contributed by atoms with Gasteiger partial charge in [-0.1, -0.05) is 30.3 Å². The Balaban J connectivity index is 2.49. The van der Waals surface area contributed by atoms with Crippen LogP contribution in [-0.4, -0.2) is 17.1 Å². The number of ether oxygens (including phenoxy) is 1. The van der Waals surface area contributed by atoms with Crippen LogP contribution in [0.2, 0.25) is 0 Å². The van der Waals surface area contributed by atoms with Gasteiger partial charge in [0.15, 0.2) is 0 Å². The van der Waals surface area contributed by atoms with Crippen molar-refractivity contribution in [1.29, 1.82) is 0 Å². The molecule has 0 saturated carbocycles. The molecule has 94 valence electrons. The Kier molecular flexibility index (Phi) is 4.13. The van der Waals surface area contributed by atoms with E-state index in [0.29, 0.717) is 15.1 Å². The van der Waals surface area contributed by atoms with Crippen LogP contribution in [0.3, 0.4) is 0 Å². The highest BCUT2D eigenvalue weighted by Crippen LogP contribution is 2.21. The quantitative estimate of drug-likeness (QED) is 0.860. The van der Waals surface area contributed by atoms with Crippen LogP contribution in [0.4, 0.5) is 0 Å². The average molecular weight is 356 g/mol. The molecule has 1 unspecified atom stereocenters. The highest BCUT2D eigenvalue weighted by Gasteiger charge is 2.17. The maximum absolute atomic E-state index is 11.8. The van der Waals surface area contributed by atoms with Crippen molar-refractivity contribution in [3.63, 3.8) is 0 Å². The Bertz CT molecular complexity index is 596. The second kappa shape index (κ2) is 5.62. The molecule has 0 spiro atoms. The number of aromatic nitrogens is 2. The van der Waals surface area contributed by atoms with E-state index in [1.807, 2.05) is 59.8 Å². The molecule has 1 heterocycles. The van der Waals surface area contributed by atoms with Crippen LogP contribution in [0.25, 0.3) is 0 Å². The van der Waals surface area contributed by atoms with E-state index in [-0.39, 0.29) is 11.7 Å². The molecule has 0 amide bonds. The first-order chi connectivity index (χ1) is 8.63. The van der Waals surface area contributed by atoms with Gasteiger partial charge >= 0.3 is 0 Å². The molecule has 0 saturated heterocycles. The molecular formula is C13H13IN2O2. The largest absolute Gasteiger partial charge is 0.369 e. The summed E-state index contributed by atoms with van der Waals surface area (Å²) in [6, 6.07) is 9.69. The molecule has 4 nitrogen and oxygen atoms in total. The van der Waals surface area contributed by atoms with Crippen LogP contribution in [0, 0.1) is 10.5 Å². The molecule has 0 radical (unpaired) electrons. The van der Waals surface area contributed by atoms with Crippen LogP contribution in [0.15, 0.2) is 35.1 Å². The Morgan fingerprint density at radius 1 is 1.33 bits per heavy atom. The molecule has 2 aromatic rings. The summed E-state index contributed by atoms with van der Waals surface area (Å²) in [5, 5.41) is 0. The van der Waals surface area contributed by atoms with Crippen molar-refractivity contribution >= 4 is 22.6 Å². The summed E-state index contributed by atoms with van der Waals surface area (Å²) >= 11 is 1.99. The summed E-state index contributed by atoms with van der Waals surface area (Å²) in [6.07, 6.45) is -0.352. The van der Waals surface area contributed by atoms with Crippen LogP contribution in [0.1, 0.15) is 23.2 Å². The van der Waals surface area contributed by atoms with Gasteiger partial charge in [-0.15, -0.1) is 0 Å². The number of H-pyrrole nitrogens is 1. The van der Waals surface area contributed by atoms with E-state index in [0.717, 1.165) is 5.56 Å². The van der Waals surface area contributed by atoms with Crippen molar-refractivity contribution < 1.29 is 4.74 Å². The first-order valence-corrected chi connectivity index (χ1v) is 6.55. The van der Waals surface area contributed by atoms with Crippen molar-refractivity contribution in [3.8, 4) is 0 Å². The highest BCUT2D eigenvalue weighted by atomic mass is 127. The lowest BCUT2D eigenvalue weighted by atomic mass is 10.1. The summed E-state index contributed by atoms with van der Waals surface area (Å²) in [4.78, 5) is 18.9. The second-order valence-electron chi connectivity index (χ2n) is 3.88. The number of rotatable bonds is 3. The predicted octanol–water partition coefficient (Wildman–Crippen LogP) is 2.42. The minimum atomic E-state index is -0.352. The van der Waals surface area contributed by atoms with Crippen LogP contribution >= 0.6 is 22.6 Å². The van der Waals surface area contributed by atoms with Gasteiger partial charge < -0.3 is 9.72 Å². The fourth-order valence-electron chi connectivity index (χ4n) is 1.75. The molecule has 1 aromatic carbocycles. The smallest absolute Gasteiger partial charge is 0.264 e. The third kappa shape index (κ3) is 2.62. The van der Waals surface area contributed by atoms with E-state index in [1.165, 1.54) is 0 Å². The monoisotopic (exact) mass is 356 g/mol. The van der Waals surface area contributed by atoms with Gasteiger partial charge in [-0.3, -0.25) is 4.79 Å². The number of nitrogens with zero attached hydrogens (tertiary/aromatic N) is 1. The Morgan fingerprint density at radius 2 is 2.00 bits per heavy atom. The van der Waals surface area contributed by atoms with Gasteiger partial charge in [-0.25, -0.2) is 4.98 Å². The maximum atomic E-state index is 11.8. The second-order valence-corrected chi connectivity index (χ2v) is 4.96. The molecule has 1 atom stereocenters. The van der Waals surface area contributed by atoms with E-state index >= 15 is 0 Å². The SMILES string of the molecule is COC(c1ccccc1)c1nc(C)c(I)c(=O)[nH]1. The minimum Gasteiger partial charge on any atom is -0.369 e. The van der Waals surface area contributed by atoms with Crippen LogP contribution in [-0.2, 0) is 4.74 Å². The molecule has 0 aliphatic rings. The molecule has 0 bridgehead atoms. The third-order valence-electron chi connectivity index (χ3n) is 2.63. The maximum Gasteiger partial charge on any atom is 0.264 e. The molecular weight excluding hydrogens is 343 g/mol. The number of benzene rings is 1. The minimum absolute atomic E-state index is 0.129. The normalized spacial score (nSPS) is 12.4. The molecule has 18 heavy (non-hydrogen) atoms. The first kappa shape index (κ1) is 13.2. The molecule has 1 N–H and O–H groups in total. The number of halogens is 1. The van der Waals surface area contributed by atoms with Crippen LogP contribution in [0.5, 0.6) is 0 Å². The lowest BCUT2D eigenvalue weighted by molar-refractivity contribution is 0.128. The number of aromatic amines is 1. The number of hydrogen-bond acceptors (Lipinski definition) is 3. The summed E-state index contributed by atoms with van der Waals surface area (Å²) in [6.45, 7) is 1.82. The Labute approximate surface area is 119 Å². The standard InChI is InChI=1S/C13H13IN2O2/c1-8-10(14)13(17)16-12(15-8)11(18-2)9-6-4-3-5-7-9/h3-7,11H,1-2H3,(H,15,16,17). The number of nitrogens with one attached hydrogen (secondary N) is 1. The van der Waals surface area contributed by atoms with Crippen molar-refractivity contribution in [2.75, 3.05) is 7.11 Å². The van der Waals surface area contributed by atoms with E-state index in [9.17, 15) is 4.79 Å². The zero-order chi connectivity index (χ0) is 13.1. The fourth-order valence-corrected chi connectivity index (χ4v) is 2.01. The highest BCUT2D eigenvalue weighted by molar-refractivity contribution is 14.1. The third-order valence-corrected chi connectivity index (χ3v) is 3.90. The molecule has 2 rings (SSSR count). The number of hydrogen-bond donors (Lipinski definition) is 1. The van der Waals surface area contributed by atoms with E-state index < -0.39 is 0 Å². The average Bonchev–Trinajstić information content (AvgIpc) is 2.38. The molecule has 0 aliphatic carbocycles. The van der Waals surface area contributed by atoms with E-state index in [2.05, 4.69) is 9.97 Å². The Hall–Kier alpha value is -1.21. The van der Waals surface area contributed by atoms with Gasteiger partial charge in [0.2, 0.25) is 0 Å². The van der Waals surface area contributed by atoms with Gasteiger partial charge in [0, 0.05) is 7.11 Å². The molecule has 0 aliphatic heterocycles. The van der Waals surface area contributed by atoms with Gasteiger partial charge in [0.05, 0.1) is 9.26 Å². The van der Waals surface area contributed by atoms with Gasteiger partial charge in [0.1, 0.15) is 11.9 Å². The summed E-state index contributed by atoms with van der Waals surface area (Å²) < 4.78 is 6.05. The van der Waals surface area contributed by atoms with Crippen molar-refractivity contribution in [3.05, 3.63) is 61.3 Å². The summed E-state index contributed by atoms with van der Waals surface area (Å²) in [7, 11) is 1.60. The zero-order valence-corrected chi connectivity index (χ0v) is 12.3. The van der Waals surface area contributed by atoms with Crippen molar-refractivity contribution in [1.82, 2.24) is 9.97 Å². The molecule has 0 fully saturated rings. The Morgan fingerprint density at radius 3 is 2.56 bits per heavy atom. The summed E-state index contributed by atoms with van der Waals surface area (Å²) in [5.74, 6) is 0.534. The topological polar surface area (TPSA) is 55.0 Å². The fraction of sp³-hybridized carbons (Fsp3) is 0.231. The predicted molar refractivity (Wildman–Crippen MR) is 77.6 cm³/mol. The van der Waals surface area contributed by atoms with Gasteiger partial charge in [-0.2, -0.15) is 0 Å². The summed E-state index contributed by atoms with van der Waals surface area (Å²) in [5.41, 5.74) is 1.55. The first-order valence-electron chi connectivity index (χ1n) is 5.47. The van der Waals surface area contributed by atoms with E-state index in [4.69, 9.17) is 4.74 Å². The van der Waals surface area contributed by atoms with Gasteiger partial charge in [-0.05, 0) is 35.1 Å².